The third kappa shape index (κ3) is 8.34. The molecule has 0 spiro atoms. The molecule has 222 valence electrons. The third-order valence-electron chi connectivity index (χ3n) is 6.05. The molecule has 2 N–H and O–H groups in total. The van der Waals surface area contributed by atoms with E-state index in [4.69, 9.17) is 21.1 Å². The van der Waals surface area contributed by atoms with Crippen molar-refractivity contribution in [2.45, 2.75) is 11.8 Å². The molecule has 0 aliphatic rings. The molecule has 10 nitrogen and oxygen atoms in total. The van der Waals surface area contributed by atoms with E-state index in [0.29, 0.717) is 22.0 Å². The fourth-order valence-electron chi connectivity index (χ4n) is 3.87. The van der Waals surface area contributed by atoms with E-state index in [9.17, 15) is 18.0 Å². The first-order valence-corrected chi connectivity index (χ1v) is 14.8. The lowest BCUT2D eigenvalue weighted by atomic mass is 10.2. The van der Waals surface area contributed by atoms with Crippen LogP contribution in [0.15, 0.2) is 107 Å². The Balaban J connectivity index is 1.38. The molecule has 0 heterocycles. The van der Waals surface area contributed by atoms with Gasteiger partial charge in [-0.3, -0.25) is 13.9 Å². The molecule has 0 radical (unpaired) electrons. The van der Waals surface area contributed by atoms with Gasteiger partial charge in [0.1, 0.15) is 18.0 Å². The van der Waals surface area contributed by atoms with E-state index in [0.717, 1.165) is 9.87 Å². The SMILES string of the molecule is COc1ccccc1N(CC(=O)N/N=C\c1ccc(OCC(=O)Nc2ccccc2Cl)cc1)S(=O)(=O)c1ccc(C)cc1. The highest BCUT2D eigenvalue weighted by Crippen LogP contribution is 2.32. The number of hydrogen-bond acceptors (Lipinski definition) is 7. The number of nitrogens with one attached hydrogen (secondary N) is 2. The smallest absolute Gasteiger partial charge is 0.264 e. The van der Waals surface area contributed by atoms with Crippen LogP contribution in [0.3, 0.4) is 0 Å². The predicted octanol–water partition coefficient (Wildman–Crippen LogP) is 5.02. The van der Waals surface area contributed by atoms with Gasteiger partial charge in [-0.2, -0.15) is 5.10 Å². The van der Waals surface area contributed by atoms with Crippen LogP contribution in [0.5, 0.6) is 11.5 Å². The number of rotatable bonds is 12. The lowest BCUT2D eigenvalue weighted by molar-refractivity contribution is -0.119. The maximum absolute atomic E-state index is 13.6. The number of hydrazone groups is 1. The minimum absolute atomic E-state index is 0.0314. The number of anilines is 2. The molecule has 43 heavy (non-hydrogen) atoms. The van der Waals surface area contributed by atoms with E-state index in [-0.39, 0.29) is 28.8 Å². The lowest BCUT2D eigenvalue weighted by Crippen LogP contribution is -2.39. The fourth-order valence-corrected chi connectivity index (χ4v) is 5.48. The normalized spacial score (nSPS) is 11.1. The van der Waals surface area contributed by atoms with Crippen molar-refractivity contribution in [3.05, 3.63) is 113 Å². The van der Waals surface area contributed by atoms with Crippen molar-refractivity contribution < 1.29 is 27.5 Å². The van der Waals surface area contributed by atoms with Gasteiger partial charge in [-0.1, -0.05) is 53.6 Å². The van der Waals surface area contributed by atoms with Crippen LogP contribution in [0.4, 0.5) is 11.4 Å². The topological polar surface area (TPSA) is 126 Å². The first-order chi connectivity index (χ1) is 20.7. The highest BCUT2D eigenvalue weighted by molar-refractivity contribution is 7.92. The lowest BCUT2D eigenvalue weighted by Gasteiger charge is -2.25. The van der Waals surface area contributed by atoms with Gasteiger partial charge >= 0.3 is 0 Å². The molecule has 0 aromatic heterocycles. The first kappa shape index (κ1) is 31.1. The fraction of sp³-hybridized carbons (Fsp3) is 0.129. The van der Waals surface area contributed by atoms with E-state index in [2.05, 4.69) is 15.8 Å². The molecule has 0 unspecified atom stereocenters. The molecule has 0 aliphatic carbocycles. The second-order valence-electron chi connectivity index (χ2n) is 9.18. The van der Waals surface area contributed by atoms with Crippen molar-refractivity contribution in [3.63, 3.8) is 0 Å². The van der Waals surface area contributed by atoms with Gasteiger partial charge in [-0.05, 0) is 73.2 Å². The summed E-state index contributed by atoms with van der Waals surface area (Å²) in [6.07, 6.45) is 1.40. The van der Waals surface area contributed by atoms with Crippen LogP contribution in [-0.4, -0.2) is 46.7 Å². The molecule has 2 amide bonds. The van der Waals surface area contributed by atoms with Gasteiger partial charge in [0.2, 0.25) is 0 Å². The van der Waals surface area contributed by atoms with Gasteiger partial charge in [0, 0.05) is 0 Å². The summed E-state index contributed by atoms with van der Waals surface area (Å²) in [6, 6.07) is 26.4. The van der Waals surface area contributed by atoms with E-state index < -0.39 is 22.5 Å². The molecule has 0 bridgehead atoms. The van der Waals surface area contributed by atoms with Crippen LogP contribution in [0, 0.1) is 6.92 Å². The Kier molecular flexibility index (Phi) is 10.4. The number of methoxy groups -OCH3 is 1. The van der Waals surface area contributed by atoms with Gasteiger partial charge in [-0.15, -0.1) is 0 Å². The van der Waals surface area contributed by atoms with E-state index in [1.165, 1.54) is 25.5 Å². The highest BCUT2D eigenvalue weighted by Gasteiger charge is 2.29. The Morgan fingerprint density at radius 3 is 2.28 bits per heavy atom. The molecule has 0 saturated carbocycles. The van der Waals surface area contributed by atoms with Gasteiger partial charge in [0.05, 0.1) is 34.6 Å². The minimum atomic E-state index is -4.12. The summed E-state index contributed by atoms with van der Waals surface area (Å²) in [6.45, 7) is 1.09. The summed E-state index contributed by atoms with van der Waals surface area (Å²) in [4.78, 5) is 25.1. The quantitative estimate of drug-likeness (QED) is 0.169. The number of sulfonamides is 1. The molecule has 0 aliphatic heterocycles. The molecular formula is C31H29ClN4O6S. The molecule has 0 saturated heterocycles. The van der Waals surface area contributed by atoms with Crippen LogP contribution in [0.2, 0.25) is 5.02 Å². The van der Waals surface area contributed by atoms with Crippen molar-refractivity contribution in [2.75, 3.05) is 29.9 Å². The maximum Gasteiger partial charge on any atom is 0.264 e. The van der Waals surface area contributed by atoms with Crippen molar-refractivity contribution >= 4 is 51.0 Å². The van der Waals surface area contributed by atoms with Gasteiger partial charge in [0.15, 0.2) is 6.61 Å². The second kappa shape index (κ2) is 14.3. The zero-order valence-electron chi connectivity index (χ0n) is 23.4. The second-order valence-corrected chi connectivity index (χ2v) is 11.4. The van der Waals surface area contributed by atoms with Gasteiger partial charge in [0.25, 0.3) is 21.8 Å². The Bertz CT molecular complexity index is 1710. The van der Waals surface area contributed by atoms with Gasteiger partial charge < -0.3 is 14.8 Å². The number of carbonyl (C=O) groups excluding carboxylic acids is 2. The molecule has 4 aromatic carbocycles. The third-order valence-corrected chi connectivity index (χ3v) is 8.15. The molecule has 12 heteroatoms. The minimum Gasteiger partial charge on any atom is -0.495 e. The predicted molar refractivity (Wildman–Crippen MR) is 166 cm³/mol. The van der Waals surface area contributed by atoms with Crippen molar-refractivity contribution in [1.29, 1.82) is 0 Å². The number of hydrogen-bond donors (Lipinski definition) is 2. The number of halogens is 1. The number of aryl methyl sites for hydroxylation is 1. The number of carbonyl (C=O) groups is 2. The number of nitrogens with zero attached hydrogens (tertiary/aromatic N) is 2. The molecule has 0 atom stereocenters. The summed E-state index contributed by atoms with van der Waals surface area (Å²) in [5, 5.41) is 7.06. The van der Waals surface area contributed by atoms with E-state index in [1.807, 2.05) is 6.92 Å². The number of para-hydroxylation sites is 3. The molecule has 4 rings (SSSR count). The average Bonchev–Trinajstić information content (AvgIpc) is 3.01. The van der Waals surface area contributed by atoms with Crippen LogP contribution in [0.1, 0.15) is 11.1 Å². The molecule has 0 fully saturated rings. The summed E-state index contributed by atoms with van der Waals surface area (Å²) in [7, 11) is -2.70. The number of ether oxygens (including phenoxy) is 2. The van der Waals surface area contributed by atoms with Crippen LogP contribution in [-0.2, 0) is 19.6 Å². The Hall–Kier alpha value is -4.87. The summed E-state index contributed by atoms with van der Waals surface area (Å²) in [5.41, 5.74) is 4.60. The Labute approximate surface area is 254 Å². The number of amides is 2. The van der Waals surface area contributed by atoms with Crippen molar-refractivity contribution in [3.8, 4) is 11.5 Å². The van der Waals surface area contributed by atoms with Crippen LogP contribution >= 0.6 is 11.6 Å². The summed E-state index contributed by atoms with van der Waals surface area (Å²) >= 11 is 6.05. The van der Waals surface area contributed by atoms with Crippen molar-refractivity contribution in [2.24, 2.45) is 5.10 Å². The average molecular weight is 621 g/mol. The summed E-state index contributed by atoms with van der Waals surface area (Å²) in [5.74, 6) is -0.294. The monoisotopic (exact) mass is 620 g/mol. The highest BCUT2D eigenvalue weighted by atomic mass is 35.5. The zero-order chi connectivity index (χ0) is 30.8. The van der Waals surface area contributed by atoms with Crippen LogP contribution in [0.25, 0.3) is 0 Å². The molecule has 4 aromatic rings. The largest absolute Gasteiger partial charge is 0.495 e. The summed E-state index contributed by atoms with van der Waals surface area (Å²) < 4.78 is 39.0. The van der Waals surface area contributed by atoms with Crippen LogP contribution < -0.4 is 24.5 Å². The van der Waals surface area contributed by atoms with Crippen molar-refractivity contribution in [1.82, 2.24) is 5.43 Å². The number of benzene rings is 4. The van der Waals surface area contributed by atoms with E-state index in [1.54, 1.807) is 84.9 Å². The van der Waals surface area contributed by atoms with E-state index >= 15 is 0 Å². The Morgan fingerprint density at radius 1 is 0.907 bits per heavy atom. The Morgan fingerprint density at radius 2 is 1.58 bits per heavy atom. The maximum atomic E-state index is 13.6. The molecular weight excluding hydrogens is 592 g/mol. The standard InChI is InChI=1S/C31H29ClN4O6S/c1-22-11-17-25(18-12-22)43(39,40)36(28-9-5-6-10-29(28)41-2)20-30(37)35-33-19-23-13-15-24(16-14-23)42-21-31(38)34-27-8-4-3-7-26(27)32/h3-19H,20-21H2,1-2H3,(H,34,38)(H,35,37)/b33-19-. The first-order valence-electron chi connectivity index (χ1n) is 13.0. The van der Waals surface area contributed by atoms with Gasteiger partial charge in [-0.25, -0.2) is 13.8 Å². The zero-order valence-corrected chi connectivity index (χ0v) is 24.9.